The van der Waals surface area contributed by atoms with Gasteiger partial charge in [-0.1, -0.05) is 24.9 Å². The van der Waals surface area contributed by atoms with Crippen LogP contribution in [0, 0.1) is 0 Å². The van der Waals surface area contributed by atoms with Crippen molar-refractivity contribution in [3.05, 3.63) is 5.89 Å². The lowest BCUT2D eigenvalue weighted by atomic mass is 10.2. The first-order chi connectivity index (χ1) is 7.88. The van der Waals surface area contributed by atoms with E-state index in [1.807, 2.05) is 0 Å². The summed E-state index contributed by atoms with van der Waals surface area (Å²) in [6, 6.07) is 1.22. The molecule has 0 spiro atoms. The van der Waals surface area contributed by atoms with Gasteiger partial charge in [-0.15, -0.1) is 5.10 Å². The fraction of sp³-hybridized carbons (Fsp3) is 0.818. The molecule has 0 aromatic carbocycles. The quantitative estimate of drug-likeness (QED) is 0.660. The molecule has 0 unspecified atom stereocenters. The predicted molar refractivity (Wildman–Crippen MR) is 62.2 cm³/mol. The number of hydrogen-bond donors (Lipinski definition) is 2. The Bertz CT molecular complexity index is 309. The maximum atomic E-state index is 5.45. The summed E-state index contributed by atoms with van der Waals surface area (Å²) in [4.78, 5) is 0. The van der Waals surface area contributed by atoms with E-state index in [1.165, 1.54) is 25.7 Å². The summed E-state index contributed by atoms with van der Waals surface area (Å²) in [6.45, 7) is 3.79. The van der Waals surface area contributed by atoms with Crippen LogP contribution < -0.4 is 10.6 Å². The summed E-state index contributed by atoms with van der Waals surface area (Å²) in [5, 5.41) is 14.4. The number of nitrogens with zero attached hydrogens (tertiary/aromatic N) is 2. The third-order valence-electron chi connectivity index (χ3n) is 2.64. The Balaban J connectivity index is 1.64. The average Bonchev–Trinajstić information content (AvgIpc) is 3.02. The molecular weight excluding hydrogens is 204 g/mol. The molecule has 1 aliphatic carbocycles. The van der Waals surface area contributed by atoms with Crippen molar-refractivity contribution < 1.29 is 4.42 Å². The molecule has 16 heavy (non-hydrogen) atoms. The first kappa shape index (κ1) is 11.4. The minimum atomic E-state index is 0.545. The van der Waals surface area contributed by atoms with Crippen LogP contribution in [0.25, 0.3) is 0 Å². The second-order valence-corrected chi connectivity index (χ2v) is 4.29. The van der Waals surface area contributed by atoms with E-state index in [0.717, 1.165) is 13.0 Å². The number of nitrogens with one attached hydrogen (secondary N) is 2. The van der Waals surface area contributed by atoms with Gasteiger partial charge in [0, 0.05) is 12.6 Å². The highest BCUT2D eigenvalue weighted by molar-refractivity contribution is 5.16. The third kappa shape index (κ3) is 3.81. The van der Waals surface area contributed by atoms with Gasteiger partial charge in [0.25, 0.3) is 0 Å². The Hall–Kier alpha value is -1.10. The van der Waals surface area contributed by atoms with E-state index in [1.54, 1.807) is 0 Å². The van der Waals surface area contributed by atoms with E-state index in [2.05, 4.69) is 27.8 Å². The van der Waals surface area contributed by atoms with Crippen LogP contribution in [0.2, 0.25) is 0 Å². The topological polar surface area (TPSA) is 63.0 Å². The highest BCUT2D eigenvalue weighted by atomic mass is 16.4. The standard InChI is InChI=1S/C11H20N4O/c1-2-3-4-7-12-11-15-14-10(16-11)8-13-9-5-6-9/h9,13H,2-8H2,1H3,(H,12,15). The first-order valence-electron chi connectivity index (χ1n) is 6.18. The molecule has 1 aromatic rings. The molecule has 5 heteroatoms. The summed E-state index contributed by atoms with van der Waals surface area (Å²) in [6.07, 6.45) is 6.15. The van der Waals surface area contributed by atoms with Gasteiger partial charge < -0.3 is 15.1 Å². The van der Waals surface area contributed by atoms with E-state index in [9.17, 15) is 0 Å². The fourth-order valence-electron chi connectivity index (χ4n) is 1.49. The molecular formula is C11H20N4O. The Morgan fingerprint density at radius 1 is 1.31 bits per heavy atom. The molecule has 2 rings (SSSR count). The molecule has 2 N–H and O–H groups in total. The zero-order valence-corrected chi connectivity index (χ0v) is 9.83. The molecule has 1 saturated carbocycles. The van der Waals surface area contributed by atoms with Gasteiger partial charge in [0.05, 0.1) is 6.54 Å². The summed E-state index contributed by atoms with van der Waals surface area (Å²) in [7, 11) is 0. The van der Waals surface area contributed by atoms with Gasteiger partial charge in [0.15, 0.2) is 0 Å². The van der Waals surface area contributed by atoms with Crippen molar-refractivity contribution in [3.63, 3.8) is 0 Å². The number of unbranched alkanes of at least 4 members (excludes halogenated alkanes) is 2. The van der Waals surface area contributed by atoms with E-state index in [-0.39, 0.29) is 0 Å². The van der Waals surface area contributed by atoms with Crippen LogP contribution in [0.5, 0.6) is 0 Å². The Kier molecular flexibility index (Phi) is 4.16. The van der Waals surface area contributed by atoms with Crippen LogP contribution in [0.15, 0.2) is 4.42 Å². The van der Waals surface area contributed by atoms with Crippen molar-refractivity contribution >= 4 is 6.01 Å². The lowest BCUT2D eigenvalue weighted by molar-refractivity contribution is 0.475. The molecule has 1 aliphatic rings. The van der Waals surface area contributed by atoms with Gasteiger partial charge >= 0.3 is 6.01 Å². The van der Waals surface area contributed by atoms with E-state index < -0.39 is 0 Å². The number of anilines is 1. The lowest BCUT2D eigenvalue weighted by Gasteiger charge is -1.99. The smallest absolute Gasteiger partial charge is 0.315 e. The Labute approximate surface area is 96.0 Å². The van der Waals surface area contributed by atoms with Gasteiger partial charge in [0.2, 0.25) is 5.89 Å². The van der Waals surface area contributed by atoms with Crippen molar-refractivity contribution in [2.24, 2.45) is 0 Å². The number of aromatic nitrogens is 2. The zero-order valence-electron chi connectivity index (χ0n) is 9.83. The predicted octanol–water partition coefficient (Wildman–Crippen LogP) is 1.92. The van der Waals surface area contributed by atoms with Crippen molar-refractivity contribution in [2.75, 3.05) is 11.9 Å². The van der Waals surface area contributed by atoms with Crippen molar-refractivity contribution in [3.8, 4) is 0 Å². The maximum absolute atomic E-state index is 5.45. The van der Waals surface area contributed by atoms with Crippen molar-refractivity contribution in [1.82, 2.24) is 15.5 Å². The first-order valence-corrected chi connectivity index (χ1v) is 6.18. The molecule has 5 nitrogen and oxygen atoms in total. The van der Waals surface area contributed by atoms with Crippen LogP contribution in [0.1, 0.15) is 44.9 Å². The molecule has 1 heterocycles. The maximum Gasteiger partial charge on any atom is 0.315 e. The van der Waals surface area contributed by atoms with E-state index in [0.29, 0.717) is 24.5 Å². The van der Waals surface area contributed by atoms with Crippen LogP contribution in [-0.4, -0.2) is 22.8 Å². The summed E-state index contributed by atoms with van der Waals surface area (Å²) < 4.78 is 5.45. The summed E-state index contributed by atoms with van der Waals surface area (Å²) >= 11 is 0. The highest BCUT2D eigenvalue weighted by Gasteiger charge is 2.21. The molecule has 0 amide bonds. The van der Waals surface area contributed by atoms with E-state index in [4.69, 9.17) is 4.42 Å². The van der Waals surface area contributed by atoms with E-state index >= 15 is 0 Å². The molecule has 0 saturated heterocycles. The molecule has 0 atom stereocenters. The normalized spacial score (nSPS) is 15.3. The van der Waals surface area contributed by atoms with Gasteiger partial charge in [-0.05, 0) is 19.3 Å². The SMILES string of the molecule is CCCCCNc1nnc(CNC2CC2)o1. The largest absolute Gasteiger partial charge is 0.407 e. The second-order valence-electron chi connectivity index (χ2n) is 4.29. The Morgan fingerprint density at radius 3 is 2.94 bits per heavy atom. The van der Waals surface area contributed by atoms with Gasteiger partial charge in [-0.3, -0.25) is 0 Å². The van der Waals surface area contributed by atoms with Gasteiger partial charge in [-0.2, -0.15) is 0 Å². The summed E-state index contributed by atoms with van der Waals surface area (Å²) in [5.74, 6) is 0.671. The van der Waals surface area contributed by atoms with Gasteiger partial charge in [-0.25, -0.2) is 0 Å². The minimum Gasteiger partial charge on any atom is -0.407 e. The molecule has 90 valence electrons. The third-order valence-corrected chi connectivity index (χ3v) is 2.64. The van der Waals surface area contributed by atoms with Gasteiger partial charge in [0.1, 0.15) is 0 Å². The molecule has 0 radical (unpaired) electrons. The van der Waals surface area contributed by atoms with Crippen molar-refractivity contribution in [2.45, 2.75) is 51.6 Å². The van der Waals surface area contributed by atoms with Crippen LogP contribution >= 0.6 is 0 Å². The van der Waals surface area contributed by atoms with Crippen molar-refractivity contribution in [1.29, 1.82) is 0 Å². The second kappa shape index (κ2) is 5.84. The van der Waals surface area contributed by atoms with Crippen LogP contribution in [0.4, 0.5) is 6.01 Å². The number of rotatable bonds is 8. The Morgan fingerprint density at radius 2 is 2.19 bits per heavy atom. The highest BCUT2D eigenvalue weighted by Crippen LogP contribution is 2.19. The molecule has 0 bridgehead atoms. The molecule has 1 aromatic heterocycles. The lowest BCUT2D eigenvalue weighted by Crippen LogP contribution is -2.15. The fourth-order valence-corrected chi connectivity index (χ4v) is 1.49. The average molecular weight is 224 g/mol. The van der Waals surface area contributed by atoms with Crippen LogP contribution in [-0.2, 0) is 6.54 Å². The minimum absolute atomic E-state index is 0.545. The summed E-state index contributed by atoms with van der Waals surface area (Å²) in [5.41, 5.74) is 0. The molecule has 1 fully saturated rings. The monoisotopic (exact) mass is 224 g/mol. The van der Waals surface area contributed by atoms with Crippen LogP contribution in [0.3, 0.4) is 0 Å². The zero-order chi connectivity index (χ0) is 11.2. The number of hydrogen-bond acceptors (Lipinski definition) is 5. The molecule has 0 aliphatic heterocycles.